The van der Waals surface area contributed by atoms with Gasteiger partial charge in [-0.3, -0.25) is 4.79 Å². The van der Waals surface area contributed by atoms with Crippen LogP contribution in [0.2, 0.25) is 5.02 Å². The van der Waals surface area contributed by atoms with Gasteiger partial charge in [0.05, 0.1) is 5.69 Å². The zero-order valence-electron chi connectivity index (χ0n) is 8.90. The number of phenolic OH excluding ortho intramolecular Hbond substituents is 1. The quantitative estimate of drug-likeness (QED) is 0.806. The van der Waals surface area contributed by atoms with E-state index in [1.807, 2.05) is 0 Å². The maximum atomic E-state index is 11.7. The van der Waals surface area contributed by atoms with Gasteiger partial charge in [0.15, 0.2) is 5.69 Å². The minimum atomic E-state index is -0.473. The van der Waals surface area contributed by atoms with Crippen molar-refractivity contribution >= 4 is 23.2 Å². The van der Waals surface area contributed by atoms with Crippen LogP contribution in [-0.2, 0) is 0 Å². The highest BCUT2D eigenvalue weighted by atomic mass is 35.5. The van der Waals surface area contributed by atoms with Crippen LogP contribution in [0.1, 0.15) is 16.2 Å². The number of anilines is 1. The number of aromatic hydroxyl groups is 1. The lowest BCUT2D eigenvalue weighted by Crippen LogP contribution is -2.12. The van der Waals surface area contributed by atoms with Gasteiger partial charge in [0, 0.05) is 11.1 Å². The number of nitrogens with one attached hydrogen (secondary N) is 1. The molecule has 1 heterocycles. The lowest BCUT2D eigenvalue weighted by atomic mass is 10.2. The molecule has 88 valence electrons. The third-order valence-corrected chi connectivity index (χ3v) is 2.30. The Morgan fingerprint density at radius 2 is 2.24 bits per heavy atom. The first-order valence-corrected chi connectivity index (χ1v) is 5.17. The number of phenols is 1. The molecule has 0 spiro atoms. The summed E-state index contributed by atoms with van der Waals surface area (Å²) in [5.41, 5.74) is 0.366. The molecule has 0 saturated heterocycles. The summed E-state index contributed by atoms with van der Waals surface area (Å²) in [5, 5.41) is 16.0. The molecule has 0 fully saturated rings. The molecule has 0 aliphatic rings. The minimum Gasteiger partial charge on any atom is -0.506 e. The van der Waals surface area contributed by atoms with Crippen molar-refractivity contribution in [3.8, 4) is 5.75 Å². The maximum absolute atomic E-state index is 11.7. The Balaban J connectivity index is 2.21. The van der Waals surface area contributed by atoms with E-state index in [4.69, 9.17) is 16.1 Å². The van der Waals surface area contributed by atoms with E-state index in [2.05, 4.69) is 10.5 Å². The summed E-state index contributed by atoms with van der Waals surface area (Å²) in [7, 11) is 0. The monoisotopic (exact) mass is 252 g/mol. The lowest BCUT2D eigenvalue weighted by Gasteiger charge is -2.05. The molecule has 0 saturated carbocycles. The lowest BCUT2D eigenvalue weighted by molar-refractivity contribution is 0.101. The van der Waals surface area contributed by atoms with Crippen LogP contribution < -0.4 is 5.32 Å². The predicted octanol–water partition coefficient (Wildman–Crippen LogP) is 2.59. The Kier molecular flexibility index (Phi) is 3.01. The number of hydrogen-bond donors (Lipinski definition) is 2. The van der Waals surface area contributed by atoms with Crippen LogP contribution in [0.25, 0.3) is 0 Å². The number of hydrogen-bond acceptors (Lipinski definition) is 4. The van der Waals surface area contributed by atoms with Crippen LogP contribution in [0.4, 0.5) is 5.69 Å². The van der Waals surface area contributed by atoms with Crippen molar-refractivity contribution < 1.29 is 14.4 Å². The first-order valence-electron chi connectivity index (χ1n) is 4.79. The number of benzene rings is 1. The summed E-state index contributed by atoms with van der Waals surface area (Å²) >= 11 is 5.75. The molecule has 0 radical (unpaired) electrons. The van der Waals surface area contributed by atoms with Gasteiger partial charge in [0.25, 0.3) is 5.91 Å². The molecule has 2 aromatic rings. The van der Waals surface area contributed by atoms with E-state index in [1.54, 1.807) is 6.92 Å². The summed E-state index contributed by atoms with van der Waals surface area (Å²) in [4.78, 5) is 11.7. The molecule has 1 amide bonds. The molecule has 17 heavy (non-hydrogen) atoms. The fraction of sp³-hybridized carbons (Fsp3) is 0.0909. The van der Waals surface area contributed by atoms with Crippen LogP contribution in [0, 0.1) is 6.92 Å². The Labute approximate surface area is 102 Å². The Hall–Kier alpha value is -2.01. The van der Waals surface area contributed by atoms with Crippen LogP contribution in [0.3, 0.4) is 0 Å². The molecule has 0 aliphatic carbocycles. The van der Waals surface area contributed by atoms with Crippen molar-refractivity contribution in [2.45, 2.75) is 6.92 Å². The first-order chi connectivity index (χ1) is 8.06. The second-order valence-electron chi connectivity index (χ2n) is 3.44. The molecule has 5 nitrogen and oxygen atoms in total. The van der Waals surface area contributed by atoms with Gasteiger partial charge in [0.2, 0.25) is 0 Å². The largest absolute Gasteiger partial charge is 0.506 e. The van der Waals surface area contributed by atoms with Gasteiger partial charge in [-0.15, -0.1) is 0 Å². The van der Waals surface area contributed by atoms with Gasteiger partial charge in [-0.1, -0.05) is 16.8 Å². The Bertz CT molecular complexity index is 566. The van der Waals surface area contributed by atoms with E-state index in [1.165, 1.54) is 24.3 Å². The van der Waals surface area contributed by atoms with E-state index in [0.29, 0.717) is 10.8 Å². The zero-order chi connectivity index (χ0) is 12.4. The number of amides is 1. The molecule has 1 aromatic carbocycles. The molecule has 0 aliphatic heterocycles. The fourth-order valence-electron chi connectivity index (χ4n) is 1.27. The van der Waals surface area contributed by atoms with E-state index in [9.17, 15) is 9.90 Å². The summed E-state index contributed by atoms with van der Waals surface area (Å²) < 4.78 is 4.78. The molecule has 2 N–H and O–H groups in total. The molecule has 0 atom stereocenters. The second-order valence-corrected chi connectivity index (χ2v) is 3.87. The van der Waals surface area contributed by atoms with Crippen LogP contribution in [0.15, 0.2) is 28.8 Å². The number of carbonyl (C=O) groups is 1. The summed E-state index contributed by atoms with van der Waals surface area (Å²) in [6.45, 7) is 1.68. The number of nitrogens with zero attached hydrogens (tertiary/aromatic N) is 1. The van der Waals surface area contributed by atoms with Gasteiger partial charge >= 0.3 is 0 Å². The van der Waals surface area contributed by atoms with Crippen molar-refractivity contribution in [3.63, 3.8) is 0 Å². The van der Waals surface area contributed by atoms with Gasteiger partial charge in [-0.05, 0) is 25.1 Å². The molecular weight excluding hydrogens is 244 g/mol. The third kappa shape index (κ3) is 2.57. The van der Waals surface area contributed by atoms with E-state index < -0.39 is 5.91 Å². The van der Waals surface area contributed by atoms with Gasteiger partial charge in [-0.25, -0.2) is 0 Å². The van der Waals surface area contributed by atoms with E-state index in [0.717, 1.165) is 0 Å². The van der Waals surface area contributed by atoms with Crippen molar-refractivity contribution in [1.82, 2.24) is 5.16 Å². The van der Waals surface area contributed by atoms with Crippen molar-refractivity contribution in [2.24, 2.45) is 0 Å². The smallest absolute Gasteiger partial charge is 0.277 e. The number of rotatable bonds is 2. The minimum absolute atomic E-state index is 0.0667. The van der Waals surface area contributed by atoms with Gasteiger partial charge in [-0.2, -0.15) is 0 Å². The topological polar surface area (TPSA) is 75.4 Å². The molecule has 2 rings (SSSR count). The van der Waals surface area contributed by atoms with Gasteiger partial charge in [0.1, 0.15) is 11.5 Å². The Morgan fingerprint density at radius 1 is 1.47 bits per heavy atom. The molecule has 1 aromatic heterocycles. The second kappa shape index (κ2) is 4.47. The highest BCUT2D eigenvalue weighted by Gasteiger charge is 2.13. The first kappa shape index (κ1) is 11.5. The normalized spacial score (nSPS) is 10.2. The summed E-state index contributed by atoms with van der Waals surface area (Å²) in [5.74, 6) is -0.00662. The number of carbonyl (C=O) groups excluding carboxylic acids is 1. The van der Waals surface area contributed by atoms with Crippen molar-refractivity contribution in [3.05, 3.63) is 40.7 Å². The summed E-state index contributed by atoms with van der Waals surface area (Å²) in [6.07, 6.45) is 0. The Morgan fingerprint density at radius 3 is 2.88 bits per heavy atom. The maximum Gasteiger partial charge on any atom is 0.277 e. The van der Waals surface area contributed by atoms with E-state index in [-0.39, 0.29) is 17.1 Å². The van der Waals surface area contributed by atoms with Crippen molar-refractivity contribution in [1.29, 1.82) is 0 Å². The van der Waals surface area contributed by atoms with Crippen LogP contribution >= 0.6 is 11.6 Å². The SMILES string of the molecule is Cc1cc(C(=O)Nc2cc(Cl)ccc2O)no1. The number of halogens is 1. The molecular formula is C11H9ClN2O3. The summed E-state index contributed by atoms with van der Waals surface area (Å²) in [6, 6.07) is 5.86. The fourth-order valence-corrected chi connectivity index (χ4v) is 1.44. The van der Waals surface area contributed by atoms with Crippen LogP contribution in [0.5, 0.6) is 5.75 Å². The average molecular weight is 253 g/mol. The predicted molar refractivity (Wildman–Crippen MR) is 62.3 cm³/mol. The standard InChI is InChI=1S/C11H9ClN2O3/c1-6-4-9(14-17-6)11(16)13-8-5-7(12)2-3-10(8)15/h2-5,15H,1H3,(H,13,16). The third-order valence-electron chi connectivity index (χ3n) is 2.07. The molecule has 0 unspecified atom stereocenters. The molecule has 0 bridgehead atoms. The van der Waals surface area contributed by atoms with Gasteiger partial charge < -0.3 is 14.9 Å². The molecule has 6 heteroatoms. The highest BCUT2D eigenvalue weighted by Crippen LogP contribution is 2.26. The van der Waals surface area contributed by atoms with E-state index >= 15 is 0 Å². The number of aromatic nitrogens is 1. The van der Waals surface area contributed by atoms with Crippen LogP contribution in [-0.4, -0.2) is 16.2 Å². The number of aryl methyl sites for hydroxylation is 1. The highest BCUT2D eigenvalue weighted by molar-refractivity contribution is 6.31. The zero-order valence-corrected chi connectivity index (χ0v) is 9.65. The average Bonchev–Trinajstić information content (AvgIpc) is 2.70. The van der Waals surface area contributed by atoms with Crippen molar-refractivity contribution in [2.75, 3.05) is 5.32 Å².